The lowest BCUT2D eigenvalue weighted by Gasteiger charge is -2.22. The Balaban J connectivity index is 1.62. The molecule has 1 fully saturated rings. The molecule has 1 unspecified atom stereocenters. The molecule has 0 aliphatic carbocycles. The summed E-state index contributed by atoms with van der Waals surface area (Å²) in [5.74, 6) is 0.620. The highest BCUT2D eigenvalue weighted by atomic mass is 16.3. The molecule has 8 nitrogen and oxygen atoms in total. The van der Waals surface area contributed by atoms with Crippen LogP contribution >= 0.6 is 0 Å². The average Bonchev–Trinajstić information content (AvgIpc) is 3.12. The molecule has 3 rings (SSSR count). The van der Waals surface area contributed by atoms with Gasteiger partial charge in [-0.05, 0) is 31.5 Å². The number of benzene rings is 1. The monoisotopic (exact) mass is 371 g/mol. The molecule has 0 spiro atoms. The lowest BCUT2D eigenvalue weighted by atomic mass is 9.92. The van der Waals surface area contributed by atoms with Crippen molar-refractivity contribution in [3.8, 4) is 0 Å². The van der Waals surface area contributed by atoms with E-state index in [1.165, 1.54) is 0 Å². The van der Waals surface area contributed by atoms with Gasteiger partial charge in [0.05, 0.1) is 7.05 Å². The standard InChI is InChI=1S/C19H22N4O4/c1-13-9-10-15(27-13)11-22(3)12-16(24)21-23-17(25)19(2,20-18(23)26)14-7-5-4-6-8-14/h4-10H,11-12H2,1-3H3,(H,20,26)(H,21,24)/p+1/t19-/m1/s1. The van der Waals surface area contributed by atoms with Crippen molar-refractivity contribution in [2.45, 2.75) is 25.9 Å². The molecule has 2 heterocycles. The minimum absolute atomic E-state index is 0.0822. The van der Waals surface area contributed by atoms with Gasteiger partial charge in [0.2, 0.25) is 0 Å². The maximum Gasteiger partial charge on any atom is 0.344 e. The van der Waals surface area contributed by atoms with E-state index in [4.69, 9.17) is 4.42 Å². The zero-order chi connectivity index (χ0) is 19.6. The van der Waals surface area contributed by atoms with E-state index >= 15 is 0 Å². The molecule has 2 aromatic rings. The van der Waals surface area contributed by atoms with Gasteiger partial charge in [0.1, 0.15) is 17.8 Å². The Hall–Kier alpha value is -3.13. The molecule has 3 N–H and O–H groups in total. The summed E-state index contributed by atoms with van der Waals surface area (Å²) in [5, 5.41) is 3.40. The molecule has 142 valence electrons. The third-order valence-electron chi connectivity index (χ3n) is 4.51. The quantitative estimate of drug-likeness (QED) is 0.628. The van der Waals surface area contributed by atoms with Crippen molar-refractivity contribution in [1.29, 1.82) is 0 Å². The predicted molar refractivity (Wildman–Crippen MR) is 96.2 cm³/mol. The first-order valence-electron chi connectivity index (χ1n) is 8.68. The van der Waals surface area contributed by atoms with E-state index < -0.39 is 23.4 Å². The van der Waals surface area contributed by atoms with Crippen molar-refractivity contribution in [3.05, 3.63) is 59.5 Å². The summed E-state index contributed by atoms with van der Waals surface area (Å²) >= 11 is 0. The summed E-state index contributed by atoms with van der Waals surface area (Å²) < 4.78 is 5.50. The molecule has 0 saturated carbocycles. The Morgan fingerprint density at radius 3 is 2.56 bits per heavy atom. The van der Waals surface area contributed by atoms with Gasteiger partial charge >= 0.3 is 6.03 Å². The zero-order valence-electron chi connectivity index (χ0n) is 15.5. The fourth-order valence-corrected chi connectivity index (χ4v) is 3.09. The Kier molecular flexibility index (Phi) is 5.00. The first-order valence-corrected chi connectivity index (χ1v) is 8.68. The van der Waals surface area contributed by atoms with Crippen LogP contribution in [0.3, 0.4) is 0 Å². The second kappa shape index (κ2) is 7.24. The number of hydrazine groups is 1. The Morgan fingerprint density at radius 2 is 1.93 bits per heavy atom. The minimum Gasteiger partial charge on any atom is -0.460 e. The number of aryl methyl sites for hydroxylation is 1. The number of rotatable bonds is 6. The van der Waals surface area contributed by atoms with Gasteiger partial charge in [-0.25, -0.2) is 4.79 Å². The lowest BCUT2D eigenvalue weighted by Crippen LogP contribution is -3.09. The van der Waals surface area contributed by atoms with Crippen LogP contribution in [0, 0.1) is 6.92 Å². The highest BCUT2D eigenvalue weighted by Gasteiger charge is 2.50. The van der Waals surface area contributed by atoms with Gasteiger partial charge in [0, 0.05) is 0 Å². The summed E-state index contributed by atoms with van der Waals surface area (Å²) in [4.78, 5) is 38.2. The van der Waals surface area contributed by atoms with Gasteiger partial charge in [0.25, 0.3) is 11.8 Å². The van der Waals surface area contributed by atoms with Crippen LogP contribution in [-0.4, -0.2) is 36.4 Å². The number of hydrogen-bond acceptors (Lipinski definition) is 4. The number of carbonyl (C=O) groups is 3. The van der Waals surface area contributed by atoms with Crippen LogP contribution in [0.2, 0.25) is 0 Å². The van der Waals surface area contributed by atoms with Gasteiger partial charge in [-0.1, -0.05) is 30.3 Å². The zero-order valence-corrected chi connectivity index (χ0v) is 15.5. The Labute approximate surface area is 157 Å². The molecule has 2 atom stereocenters. The van der Waals surface area contributed by atoms with Crippen molar-refractivity contribution >= 4 is 17.8 Å². The first-order chi connectivity index (χ1) is 12.8. The molecule has 1 saturated heterocycles. The normalized spacial score (nSPS) is 20.5. The molecule has 1 aliphatic heterocycles. The highest BCUT2D eigenvalue weighted by Crippen LogP contribution is 2.27. The number of furan rings is 1. The molecule has 1 aromatic carbocycles. The van der Waals surface area contributed by atoms with E-state index in [2.05, 4.69) is 10.7 Å². The second-order valence-electron chi connectivity index (χ2n) is 6.92. The van der Waals surface area contributed by atoms with E-state index in [1.807, 2.05) is 32.2 Å². The van der Waals surface area contributed by atoms with Crippen LogP contribution in [0.1, 0.15) is 24.0 Å². The van der Waals surface area contributed by atoms with E-state index in [0.29, 0.717) is 12.1 Å². The third-order valence-corrected chi connectivity index (χ3v) is 4.51. The van der Waals surface area contributed by atoms with E-state index in [-0.39, 0.29) is 6.54 Å². The molecule has 8 heteroatoms. The SMILES string of the molecule is Cc1ccc(C[NH+](C)CC(=O)NN2C(=O)N[C@](C)(c3ccccc3)C2=O)o1. The van der Waals surface area contributed by atoms with Crippen molar-refractivity contribution in [2.75, 3.05) is 13.6 Å². The van der Waals surface area contributed by atoms with Gasteiger partial charge < -0.3 is 14.6 Å². The van der Waals surface area contributed by atoms with Crippen LogP contribution in [0.25, 0.3) is 0 Å². The van der Waals surface area contributed by atoms with Gasteiger partial charge in [-0.3, -0.25) is 15.0 Å². The van der Waals surface area contributed by atoms with E-state index in [1.54, 1.807) is 31.2 Å². The molecular formula is C19H23N4O4+. The van der Waals surface area contributed by atoms with Gasteiger partial charge in [-0.15, -0.1) is 0 Å². The van der Waals surface area contributed by atoms with Crippen LogP contribution in [0.5, 0.6) is 0 Å². The molecule has 4 amide bonds. The molecular weight excluding hydrogens is 348 g/mol. The van der Waals surface area contributed by atoms with E-state index in [0.717, 1.165) is 21.4 Å². The number of hydrogen-bond donors (Lipinski definition) is 3. The highest BCUT2D eigenvalue weighted by molar-refractivity contribution is 6.08. The number of urea groups is 1. The molecule has 1 aliphatic rings. The van der Waals surface area contributed by atoms with Crippen LogP contribution in [-0.2, 0) is 21.7 Å². The largest absolute Gasteiger partial charge is 0.460 e. The van der Waals surface area contributed by atoms with Crippen molar-refractivity contribution < 1.29 is 23.7 Å². The summed E-state index contributed by atoms with van der Waals surface area (Å²) in [6.07, 6.45) is 0. The summed E-state index contributed by atoms with van der Waals surface area (Å²) in [6.45, 7) is 4.07. The van der Waals surface area contributed by atoms with Crippen LogP contribution in [0.4, 0.5) is 4.79 Å². The summed E-state index contributed by atoms with van der Waals surface area (Å²) in [7, 11) is 1.83. The molecule has 1 aromatic heterocycles. The maximum absolute atomic E-state index is 12.8. The predicted octanol–water partition coefficient (Wildman–Crippen LogP) is 0.101. The summed E-state index contributed by atoms with van der Waals surface area (Å²) in [5.41, 5.74) is 1.84. The first kappa shape index (κ1) is 18.7. The minimum atomic E-state index is -1.21. The van der Waals surface area contributed by atoms with Crippen molar-refractivity contribution in [3.63, 3.8) is 0 Å². The third kappa shape index (κ3) is 3.85. The number of carbonyl (C=O) groups excluding carboxylic acids is 3. The molecule has 0 bridgehead atoms. The van der Waals surface area contributed by atoms with Gasteiger partial charge in [0.15, 0.2) is 12.3 Å². The molecule has 27 heavy (non-hydrogen) atoms. The fourth-order valence-electron chi connectivity index (χ4n) is 3.09. The van der Waals surface area contributed by atoms with E-state index in [9.17, 15) is 14.4 Å². The topological polar surface area (TPSA) is 96.1 Å². The number of nitrogens with one attached hydrogen (secondary N) is 3. The lowest BCUT2D eigenvalue weighted by molar-refractivity contribution is -0.886. The smallest absolute Gasteiger partial charge is 0.344 e. The van der Waals surface area contributed by atoms with Gasteiger partial charge in [-0.2, -0.15) is 5.01 Å². The van der Waals surface area contributed by atoms with Crippen molar-refractivity contribution in [1.82, 2.24) is 15.8 Å². The maximum atomic E-state index is 12.8. The van der Waals surface area contributed by atoms with Crippen LogP contribution in [0.15, 0.2) is 46.9 Å². The van der Waals surface area contributed by atoms with Crippen molar-refractivity contribution in [2.24, 2.45) is 0 Å². The molecule has 0 radical (unpaired) electrons. The number of nitrogens with zero attached hydrogens (tertiary/aromatic N) is 1. The van der Waals surface area contributed by atoms with Crippen LogP contribution < -0.4 is 15.6 Å². The number of amides is 4. The average molecular weight is 371 g/mol. The number of likely N-dealkylation sites (N-methyl/N-ethyl adjacent to an activating group) is 1. The summed E-state index contributed by atoms with van der Waals surface area (Å²) in [6, 6.07) is 12.0. The second-order valence-corrected chi connectivity index (χ2v) is 6.92. The number of imide groups is 1. The number of quaternary nitrogens is 1. The Bertz CT molecular complexity index is 864. The Morgan fingerprint density at radius 1 is 1.22 bits per heavy atom. The fraction of sp³-hybridized carbons (Fsp3) is 0.316.